The van der Waals surface area contributed by atoms with Crippen LogP contribution in [0.3, 0.4) is 0 Å². The van der Waals surface area contributed by atoms with Gasteiger partial charge in [-0.15, -0.1) is 0 Å². The number of carbonyl (C=O) groups excluding carboxylic acids is 2. The van der Waals surface area contributed by atoms with Gasteiger partial charge in [-0.2, -0.15) is 4.28 Å². The molecule has 0 spiro atoms. The van der Waals surface area contributed by atoms with Crippen LogP contribution in [0.5, 0.6) is 5.75 Å². The summed E-state index contributed by atoms with van der Waals surface area (Å²) in [5.41, 5.74) is 2.48. The number of benzene rings is 2. The summed E-state index contributed by atoms with van der Waals surface area (Å²) < 4.78 is 25.9. The second-order valence-corrected chi connectivity index (χ2v) is 8.39. The number of ether oxygens (including phenoxy) is 1. The number of anilines is 2. The number of nitrogens with one attached hydrogen (secondary N) is 2. The number of hydrogen-bond donors (Lipinski definition) is 2. The van der Waals surface area contributed by atoms with Gasteiger partial charge in [0.2, 0.25) is 0 Å². The number of rotatable bonds is 11. The van der Waals surface area contributed by atoms with Gasteiger partial charge in [0.15, 0.2) is 6.61 Å². The van der Waals surface area contributed by atoms with Crippen molar-refractivity contribution in [3.05, 3.63) is 65.1 Å². The molecule has 0 aromatic heterocycles. The van der Waals surface area contributed by atoms with Crippen molar-refractivity contribution in [2.24, 2.45) is 0 Å². The molecule has 0 atom stereocenters. The number of hydrogen-bond acceptors (Lipinski definition) is 7. The topological polar surface area (TPSA) is 82.9 Å². The molecule has 2 amide bonds. The average molecular weight is 481 g/mol. The Kier molecular flexibility index (Phi) is 7.97. The molecule has 3 rings (SSSR count). The Morgan fingerprint density at radius 3 is 2.78 bits per heavy atom. The third kappa shape index (κ3) is 6.36. The van der Waals surface area contributed by atoms with Gasteiger partial charge in [0, 0.05) is 24.7 Å². The van der Waals surface area contributed by atoms with Crippen LogP contribution in [0.2, 0.25) is 5.02 Å². The largest absolute Gasteiger partial charge is 0.484 e. The maximum atomic E-state index is 13.4. The zero-order chi connectivity index (χ0) is 23.3. The summed E-state index contributed by atoms with van der Waals surface area (Å²) in [6.07, 6.45) is 0.332. The highest BCUT2D eigenvalue weighted by atomic mass is 35.5. The third-order valence-corrected chi connectivity index (χ3v) is 5.00. The SMILES string of the molecule is C=C(CCNC(=O)c1cccc2c1N2OSN(C)C)NC(=O)COc1ccc(Cl)c(F)c1. The number of amides is 2. The van der Waals surface area contributed by atoms with Crippen LogP contribution in [0, 0.1) is 5.82 Å². The van der Waals surface area contributed by atoms with Crippen molar-refractivity contribution < 1.29 is 23.0 Å². The lowest BCUT2D eigenvalue weighted by Crippen LogP contribution is -2.31. The van der Waals surface area contributed by atoms with Crippen molar-refractivity contribution >= 4 is 47.0 Å². The van der Waals surface area contributed by atoms with Crippen LogP contribution in [0.4, 0.5) is 15.8 Å². The summed E-state index contributed by atoms with van der Waals surface area (Å²) >= 11 is 6.75. The predicted octanol–water partition coefficient (Wildman–Crippen LogP) is 3.82. The van der Waals surface area contributed by atoms with Crippen LogP contribution >= 0.6 is 23.8 Å². The molecule has 0 bridgehead atoms. The number of nitrogens with zero attached hydrogens (tertiary/aromatic N) is 2. The molecule has 0 saturated carbocycles. The Balaban J connectivity index is 1.38. The van der Waals surface area contributed by atoms with E-state index in [0.717, 1.165) is 29.7 Å². The zero-order valence-corrected chi connectivity index (χ0v) is 19.1. The highest BCUT2D eigenvalue weighted by Crippen LogP contribution is 2.51. The first-order valence-corrected chi connectivity index (χ1v) is 10.6. The molecule has 0 saturated heterocycles. The molecule has 32 heavy (non-hydrogen) atoms. The second-order valence-electron chi connectivity index (χ2n) is 6.95. The van der Waals surface area contributed by atoms with E-state index in [1.165, 1.54) is 12.1 Å². The van der Waals surface area contributed by atoms with Crippen molar-refractivity contribution in [2.75, 3.05) is 32.3 Å². The van der Waals surface area contributed by atoms with Gasteiger partial charge in [0.1, 0.15) is 29.5 Å². The Labute approximate surface area is 194 Å². The predicted molar refractivity (Wildman–Crippen MR) is 122 cm³/mol. The van der Waals surface area contributed by atoms with Gasteiger partial charge < -0.3 is 15.4 Å². The molecular weight excluding hydrogens is 459 g/mol. The molecule has 0 radical (unpaired) electrons. The standard InChI is InChI=1S/C21H22ClFN4O4S/c1-13(25-19(28)12-30-14-7-8-16(22)17(23)11-14)9-10-24-21(29)15-5-4-6-18-20(15)27(18)31-32-26(2)3/h4-8,11H,1,9-10,12H2,2-3H3,(H,24,29)(H,25,28). The van der Waals surface area contributed by atoms with Gasteiger partial charge in [-0.1, -0.05) is 24.2 Å². The smallest absolute Gasteiger partial charge is 0.262 e. The number of para-hydroxylation sites is 1. The maximum Gasteiger partial charge on any atom is 0.262 e. The normalized spacial score (nSPS) is 11.7. The molecule has 2 aromatic carbocycles. The molecule has 1 heterocycles. The summed E-state index contributed by atoms with van der Waals surface area (Å²) in [6, 6.07) is 9.26. The van der Waals surface area contributed by atoms with Crippen LogP contribution in [-0.4, -0.2) is 43.4 Å². The summed E-state index contributed by atoms with van der Waals surface area (Å²) in [4.78, 5) is 24.5. The Bertz CT molecular complexity index is 1040. The fourth-order valence-electron chi connectivity index (χ4n) is 2.66. The first-order chi connectivity index (χ1) is 15.3. The number of fused-ring (bicyclic) bond motifs is 1. The van der Waals surface area contributed by atoms with E-state index in [2.05, 4.69) is 17.2 Å². The molecule has 1 aliphatic heterocycles. The van der Waals surface area contributed by atoms with Gasteiger partial charge in [-0.25, -0.2) is 13.8 Å². The quantitative estimate of drug-likeness (QED) is 0.287. The highest BCUT2D eigenvalue weighted by Gasteiger charge is 2.36. The van der Waals surface area contributed by atoms with Crippen LogP contribution in [-0.2, 0) is 9.08 Å². The average Bonchev–Trinajstić information content (AvgIpc) is 3.46. The third-order valence-electron chi connectivity index (χ3n) is 4.18. The molecule has 0 unspecified atom stereocenters. The fraction of sp³-hybridized carbons (Fsp3) is 0.238. The van der Waals surface area contributed by atoms with E-state index in [0.29, 0.717) is 17.7 Å². The molecule has 11 heteroatoms. The Hall–Kier alpha value is -2.79. The van der Waals surface area contributed by atoms with E-state index in [1.54, 1.807) is 21.5 Å². The van der Waals surface area contributed by atoms with Gasteiger partial charge in [-0.05, 0) is 38.4 Å². The highest BCUT2D eigenvalue weighted by molar-refractivity contribution is 7.92. The molecule has 0 aliphatic carbocycles. The Morgan fingerprint density at radius 1 is 1.28 bits per heavy atom. The van der Waals surface area contributed by atoms with Gasteiger partial charge in [-0.3, -0.25) is 9.59 Å². The minimum Gasteiger partial charge on any atom is -0.484 e. The molecule has 1 aliphatic rings. The molecule has 2 aromatic rings. The summed E-state index contributed by atoms with van der Waals surface area (Å²) in [7, 11) is 3.70. The van der Waals surface area contributed by atoms with Crippen molar-refractivity contribution in [2.45, 2.75) is 6.42 Å². The number of halogens is 2. The minimum absolute atomic E-state index is 0.0286. The van der Waals surface area contributed by atoms with Crippen LogP contribution in [0.25, 0.3) is 0 Å². The first kappa shape index (κ1) is 23.9. The molecule has 2 N–H and O–H groups in total. The summed E-state index contributed by atoms with van der Waals surface area (Å²) in [5, 5.41) is 6.94. The lowest BCUT2D eigenvalue weighted by molar-refractivity contribution is -0.122. The Morgan fingerprint density at radius 2 is 2.06 bits per heavy atom. The summed E-state index contributed by atoms with van der Waals surface area (Å²) in [5.74, 6) is -1.15. The van der Waals surface area contributed by atoms with Crippen LogP contribution in [0.1, 0.15) is 16.8 Å². The van der Waals surface area contributed by atoms with Crippen molar-refractivity contribution in [1.29, 1.82) is 0 Å². The van der Waals surface area contributed by atoms with Crippen molar-refractivity contribution in [1.82, 2.24) is 14.9 Å². The minimum atomic E-state index is -0.631. The maximum absolute atomic E-state index is 13.4. The van der Waals surface area contributed by atoms with Crippen molar-refractivity contribution in [3.63, 3.8) is 0 Å². The second kappa shape index (κ2) is 10.7. The molecule has 170 valence electrons. The van der Waals surface area contributed by atoms with Crippen LogP contribution in [0.15, 0.2) is 48.7 Å². The van der Waals surface area contributed by atoms with E-state index in [-0.39, 0.29) is 29.8 Å². The van der Waals surface area contributed by atoms with Crippen LogP contribution < -0.4 is 20.4 Å². The first-order valence-electron chi connectivity index (χ1n) is 9.55. The van der Waals surface area contributed by atoms with Gasteiger partial charge in [0.25, 0.3) is 11.8 Å². The van der Waals surface area contributed by atoms with Crippen molar-refractivity contribution in [3.8, 4) is 5.75 Å². The van der Waals surface area contributed by atoms with E-state index >= 15 is 0 Å². The van der Waals surface area contributed by atoms with E-state index in [4.69, 9.17) is 20.6 Å². The summed E-state index contributed by atoms with van der Waals surface area (Å²) in [6.45, 7) is 3.73. The van der Waals surface area contributed by atoms with Gasteiger partial charge in [0.05, 0.1) is 16.3 Å². The van der Waals surface area contributed by atoms with E-state index in [1.807, 2.05) is 20.2 Å². The van der Waals surface area contributed by atoms with E-state index in [9.17, 15) is 14.0 Å². The monoisotopic (exact) mass is 480 g/mol. The lowest BCUT2D eigenvalue weighted by Gasteiger charge is -2.11. The number of carbonyl (C=O) groups is 2. The molecule has 8 nitrogen and oxygen atoms in total. The van der Waals surface area contributed by atoms with Gasteiger partial charge >= 0.3 is 0 Å². The lowest BCUT2D eigenvalue weighted by atomic mass is 10.2. The van der Waals surface area contributed by atoms with E-state index < -0.39 is 11.7 Å². The fourth-order valence-corrected chi connectivity index (χ4v) is 3.14. The zero-order valence-electron chi connectivity index (χ0n) is 17.5. The molecule has 0 fully saturated rings. The molecular formula is C21H22ClFN4O4S.